The minimum Gasteiger partial charge on any atom is -0.507 e. The SMILES string of the molecule is O=c1occn1-c1ccc(-c2cc(F)cc(-c3ccnc(N4CCNCC4)c3)c2O)cc1Cl. The number of benzene rings is 2. The van der Waals surface area contributed by atoms with E-state index in [-0.39, 0.29) is 10.8 Å². The van der Waals surface area contributed by atoms with Gasteiger partial charge in [0.1, 0.15) is 23.6 Å². The Kier molecular flexibility index (Phi) is 5.62. The second-order valence-corrected chi connectivity index (χ2v) is 8.10. The summed E-state index contributed by atoms with van der Waals surface area (Å²) in [6, 6.07) is 11.0. The first kappa shape index (κ1) is 21.2. The molecule has 0 spiro atoms. The zero-order chi connectivity index (χ0) is 22.9. The summed E-state index contributed by atoms with van der Waals surface area (Å²) in [5.41, 5.74) is 2.23. The molecule has 5 rings (SSSR count). The van der Waals surface area contributed by atoms with Gasteiger partial charge in [-0.05, 0) is 47.5 Å². The highest BCUT2D eigenvalue weighted by molar-refractivity contribution is 6.32. The number of aromatic nitrogens is 2. The molecule has 0 bridgehead atoms. The van der Waals surface area contributed by atoms with Crippen LogP contribution in [0.1, 0.15) is 0 Å². The number of phenols is 1. The number of halogens is 2. The summed E-state index contributed by atoms with van der Waals surface area (Å²) >= 11 is 6.40. The summed E-state index contributed by atoms with van der Waals surface area (Å²) in [4.78, 5) is 18.4. The Morgan fingerprint density at radius 2 is 1.79 bits per heavy atom. The zero-order valence-corrected chi connectivity index (χ0v) is 18.2. The molecule has 168 valence electrons. The monoisotopic (exact) mass is 466 g/mol. The van der Waals surface area contributed by atoms with Crippen molar-refractivity contribution in [1.29, 1.82) is 0 Å². The molecule has 1 aliphatic rings. The third kappa shape index (κ3) is 4.10. The summed E-state index contributed by atoms with van der Waals surface area (Å²) in [6.07, 6.45) is 4.38. The maximum absolute atomic E-state index is 14.7. The number of hydrogen-bond donors (Lipinski definition) is 2. The fraction of sp³-hybridized carbons (Fsp3) is 0.167. The molecule has 0 radical (unpaired) electrons. The summed E-state index contributed by atoms with van der Waals surface area (Å²) in [7, 11) is 0. The smallest absolute Gasteiger partial charge is 0.423 e. The number of oxazole rings is 1. The van der Waals surface area contributed by atoms with Crippen LogP contribution >= 0.6 is 11.6 Å². The summed E-state index contributed by atoms with van der Waals surface area (Å²) in [5.74, 6) is -0.363. The Bertz CT molecular complexity index is 1380. The molecule has 9 heteroatoms. The number of nitrogens with zero attached hydrogens (tertiary/aromatic N) is 3. The summed E-state index contributed by atoms with van der Waals surface area (Å²) < 4.78 is 20.7. The van der Waals surface area contributed by atoms with Crippen LogP contribution in [0.25, 0.3) is 27.9 Å². The normalized spacial score (nSPS) is 13.9. The van der Waals surface area contributed by atoms with E-state index < -0.39 is 11.6 Å². The van der Waals surface area contributed by atoms with Crippen molar-refractivity contribution in [3.05, 3.63) is 82.5 Å². The predicted molar refractivity (Wildman–Crippen MR) is 125 cm³/mol. The van der Waals surface area contributed by atoms with Crippen molar-refractivity contribution < 1.29 is 13.9 Å². The van der Waals surface area contributed by atoms with Crippen molar-refractivity contribution in [2.45, 2.75) is 0 Å². The molecule has 0 aliphatic carbocycles. The molecule has 0 amide bonds. The van der Waals surface area contributed by atoms with E-state index in [2.05, 4.69) is 15.2 Å². The van der Waals surface area contributed by atoms with Crippen LogP contribution in [0.5, 0.6) is 5.75 Å². The first-order valence-corrected chi connectivity index (χ1v) is 10.8. The van der Waals surface area contributed by atoms with E-state index in [1.165, 1.54) is 29.2 Å². The highest BCUT2D eigenvalue weighted by Crippen LogP contribution is 2.40. The van der Waals surface area contributed by atoms with Crippen molar-refractivity contribution in [3.63, 3.8) is 0 Å². The summed E-state index contributed by atoms with van der Waals surface area (Å²) in [5, 5.41) is 14.6. The number of pyridine rings is 1. The van der Waals surface area contributed by atoms with Crippen molar-refractivity contribution in [3.8, 4) is 33.7 Å². The van der Waals surface area contributed by atoms with Gasteiger partial charge in [0.15, 0.2) is 0 Å². The lowest BCUT2D eigenvalue weighted by Gasteiger charge is -2.28. The lowest BCUT2D eigenvalue weighted by molar-refractivity contribution is 0.477. The van der Waals surface area contributed by atoms with Crippen LogP contribution in [0.2, 0.25) is 5.02 Å². The van der Waals surface area contributed by atoms with Gasteiger partial charge in [0.25, 0.3) is 0 Å². The van der Waals surface area contributed by atoms with Crippen LogP contribution < -0.4 is 16.0 Å². The van der Waals surface area contributed by atoms with E-state index >= 15 is 0 Å². The molecular formula is C24H20ClFN4O3. The third-order valence-electron chi connectivity index (χ3n) is 5.67. The molecule has 33 heavy (non-hydrogen) atoms. The van der Waals surface area contributed by atoms with Crippen molar-refractivity contribution in [1.82, 2.24) is 14.9 Å². The maximum atomic E-state index is 14.7. The number of aromatic hydroxyl groups is 1. The topological polar surface area (TPSA) is 83.5 Å². The zero-order valence-electron chi connectivity index (χ0n) is 17.5. The number of rotatable bonds is 4. The molecule has 2 aromatic heterocycles. The quantitative estimate of drug-likeness (QED) is 0.472. The Hall–Kier alpha value is -3.62. The van der Waals surface area contributed by atoms with E-state index in [4.69, 9.17) is 16.0 Å². The molecule has 4 aromatic rings. The van der Waals surface area contributed by atoms with Crippen LogP contribution in [-0.4, -0.2) is 40.8 Å². The van der Waals surface area contributed by atoms with Crippen molar-refractivity contribution >= 4 is 17.4 Å². The number of nitrogens with one attached hydrogen (secondary N) is 1. The standard InChI is InChI=1S/C24H20ClFN4O3/c25-20-11-15(1-2-21(20)30-9-10-33-24(30)32)18-13-17(26)14-19(23(18)31)16-3-4-28-22(12-16)29-7-5-27-6-8-29/h1-4,9-14,27,31H,5-8H2. The van der Waals surface area contributed by atoms with E-state index in [0.717, 1.165) is 32.0 Å². The second-order valence-electron chi connectivity index (χ2n) is 7.69. The number of hydrogen-bond acceptors (Lipinski definition) is 6. The second kappa shape index (κ2) is 8.73. The molecule has 3 heterocycles. The Balaban J connectivity index is 1.55. The van der Waals surface area contributed by atoms with E-state index in [0.29, 0.717) is 27.9 Å². The molecule has 1 aliphatic heterocycles. The van der Waals surface area contributed by atoms with E-state index in [9.17, 15) is 14.3 Å². The van der Waals surface area contributed by atoms with Crippen LogP contribution in [0.3, 0.4) is 0 Å². The number of piperazine rings is 1. The average molecular weight is 467 g/mol. The summed E-state index contributed by atoms with van der Waals surface area (Å²) in [6.45, 7) is 3.37. The van der Waals surface area contributed by atoms with Crippen molar-refractivity contribution in [2.75, 3.05) is 31.1 Å². The van der Waals surface area contributed by atoms with Gasteiger partial charge in [0.2, 0.25) is 0 Å². The molecule has 1 fully saturated rings. The fourth-order valence-electron chi connectivity index (χ4n) is 4.01. The van der Waals surface area contributed by atoms with Crippen molar-refractivity contribution in [2.24, 2.45) is 0 Å². The highest BCUT2D eigenvalue weighted by atomic mass is 35.5. The molecule has 7 nitrogen and oxygen atoms in total. The molecule has 1 saturated heterocycles. The Morgan fingerprint density at radius 3 is 2.45 bits per heavy atom. The van der Waals surface area contributed by atoms with Gasteiger partial charge in [-0.3, -0.25) is 0 Å². The minimum absolute atomic E-state index is 0.0712. The Labute approximate surface area is 193 Å². The van der Waals surface area contributed by atoms with Crippen LogP contribution in [0.4, 0.5) is 10.2 Å². The molecule has 0 atom stereocenters. The first-order valence-electron chi connectivity index (χ1n) is 10.4. The Morgan fingerprint density at radius 1 is 1.06 bits per heavy atom. The molecule has 2 N–H and O–H groups in total. The number of phenolic OH excluding ortho intramolecular Hbond substituents is 1. The van der Waals surface area contributed by atoms with E-state index in [1.807, 2.05) is 6.07 Å². The average Bonchev–Trinajstić information content (AvgIpc) is 3.26. The lowest BCUT2D eigenvalue weighted by Crippen LogP contribution is -2.43. The predicted octanol–water partition coefficient (Wildman–Crippen LogP) is 4.07. The largest absolute Gasteiger partial charge is 0.507 e. The molecule has 0 unspecified atom stereocenters. The fourth-order valence-corrected chi connectivity index (χ4v) is 4.28. The maximum Gasteiger partial charge on any atom is 0.423 e. The first-order chi connectivity index (χ1) is 16.0. The number of anilines is 1. The lowest BCUT2D eigenvalue weighted by atomic mass is 9.97. The van der Waals surface area contributed by atoms with Crippen LogP contribution in [-0.2, 0) is 0 Å². The van der Waals surface area contributed by atoms with Gasteiger partial charge in [-0.25, -0.2) is 18.7 Å². The van der Waals surface area contributed by atoms with Crippen LogP contribution in [0.15, 0.2) is 70.3 Å². The van der Waals surface area contributed by atoms with Gasteiger partial charge < -0.3 is 19.7 Å². The van der Waals surface area contributed by atoms with Gasteiger partial charge >= 0.3 is 5.76 Å². The molecule has 2 aromatic carbocycles. The van der Waals surface area contributed by atoms with Gasteiger partial charge in [0, 0.05) is 43.5 Å². The van der Waals surface area contributed by atoms with Gasteiger partial charge in [0.05, 0.1) is 16.9 Å². The van der Waals surface area contributed by atoms with Gasteiger partial charge in [-0.15, -0.1) is 0 Å². The molecular weight excluding hydrogens is 447 g/mol. The van der Waals surface area contributed by atoms with Gasteiger partial charge in [-0.2, -0.15) is 0 Å². The third-order valence-corrected chi connectivity index (χ3v) is 5.97. The van der Waals surface area contributed by atoms with Gasteiger partial charge in [-0.1, -0.05) is 17.7 Å². The highest BCUT2D eigenvalue weighted by Gasteiger charge is 2.18. The minimum atomic E-state index is -0.571. The van der Waals surface area contributed by atoms with Crippen LogP contribution in [0, 0.1) is 5.82 Å². The van der Waals surface area contributed by atoms with E-state index in [1.54, 1.807) is 30.5 Å². The molecule has 0 saturated carbocycles.